The number of carboxylic acids is 1. The Morgan fingerprint density at radius 3 is 2.40 bits per heavy atom. The number of hydrogen-bond acceptors (Lipinski definition) is 4. The van der Waals surface area contributed by atoms with Crippen LogP contribution in [0.4, 0.5) is 0 Å². The highest BCUT2D eigenvalue weighted by Gasteiger charge is 2.20. The number of thiophene rings is 1. The maximum atomic E-state index is 12.5. The van der Waals surface area contributed by atoms with E-state index < -0.39 is 5.97 Å². The highest BCUT2D eigenvalue weighted by Crippen LogP contribution is 2.23. The first-order valence-electron chi connectivity index (χ1n) is 7.73. The second-order valence-electron chi connectivity index (χ2n) is 5.72. The molecule has 0 saturated heterocycles. The summed E-state index contributed by atoms with van der Waals surface area (Å²) in [7, 11) is 1.69. The van der Waals surface area contributed by atoms with E-state index >= 15 is 0 Å². The molecule has 1 heterocycles. The number of nitrogens with zero attached hydrogens (tertiary/aromatic N) is 1. The summed E-state index contributed by atoms with van der Waals surface area (Å²) >= 11 is 1.49. The van der Waals surface area contributed by atoms with Gasteiger partial charge in [-0.05, 0) is 29.1 Å². The fourth-order valence-corrected chi connectivity index (χ4v) is 3.18. The van der Waals surface area contributed by atoms with Gasteiger partial charge in [-0.1, -0.05) is 18.2 Å². The van der Waals surface area contributed by atoms with Gasteiger partial charge in [0.1, 0.15) is 0 Å². The van der Waals surface area contributed by atoms with E-state index in [9.17, 15) is 14.4 Å². The average molecular weight is 360 g/mol. The molecule has 0 saturated carbocycles. The van der Waals surface area contributed by atoms with Crippen molar-refractivity contribution in [2.45, 2.75) is 25.9 Å². The maximum absolute atomic E-state index is 12.5. The van der Waals surface area contributed by atoms with Crippen LogP contribution in [0, 0.1) is 0 Å². The van der Waals surface area contributed by atoms with Crippen molar-refractivity contribution in [1.82, 2.24) is 10.2 Å². The molecule has 0 aliphatic rings. The van der Waals surface area contributed by atoms with E-state index in [2.05, 4.69) is 5.32 Å². The summed E-state index contributed by atoms with van der Waals surface area (Å²) in [6, 6.07) is 9.84. The lowest BCUT2D eigenvalue weighted by Crippen LogP contribution is -2.33. The van der Waals surface area contributed by atoms with Gasteiger partial charge in [-0.25, -0.2) is 4.79 Å². The van der Waals surface area contributed by atoms with E-state index in [0.29, 0.717) is 6.54 Å². The molecule has 2 rings (SSSR count). The van der Waals surface area contributed by atoms with Crippen molar-refractivity contribution in [3.63, 3.8) is 0 Å². The lowest BCUT2D eigenvalue weighted by molar-refractivity contribution is -0.131. The fourth-order valence-electron chi connectivity index (χ4n) is 2.40. The van der Waals surface area contributed by atoms with Gasteiger partial charge < -0.3 is 15.3 Å². The summed E-state index contributed by atoms with van der Waals surface area (Å²) in [6.07, 6.45) is 0.170. The molecule has 0 fully saturated rings. The molecule has 0 aliphatic heterocycles. The molecule has 25 heavy (non-hydrogen) atoms. The molecule has 1 unspecified atom stereocenters. The molecule has 7 heteroatoms. The third-order valence-electron chi connectivity index (χ3n) is 3.69. The third kappa shape index (κ3) is 5.42. The minimum Gasteiger partial charge on any atom is -0.478 e. The Balaban J connectivity index is 2.00. The first kappa shape index (κ1) is 18.7. The van der Waals surface area contributed by atoms with Crippen LogP contribution >= 0.6 is 11.3 Å². The van der Waals surface area contributed by atoms with Crippen LogP contribution in [-0.2, 0) is 16.1 Å². The van der Waals surface area contributed by atoms with Crippen LogP contribution in [-0.4, -0.2) is 34.8 Å². The van der Waals surface area contributed by atoms with Crippen LogP contribution < -0.4 is 5.32 Å². The first-order chi connectivity index (χ1) is 11.9. The summed E-state index contributed by atoms with van der Waals surface area (Å²) in [4.78, 5) is 37.3. The van der Waals surface area contributed by atoms with Crippen molar-refractivity contribution in [3.05, 3.63) is 57.8 Å². The Morgan fingerprint density at radius 2 is 1.88 bits per heavy atom. The topological polar surface area (TPSA) is 86.7 Å². The van der Waals surface area contributed by atoms with Gasteiger partial charge in [0.2, 0.25) is 11.8 Å². The molecule has 0 spiro atoms. The lowest BCUT2D eigenvalue weighted by Gasteiger charge is -2.22. The average Bonchev–Trinajstić information content (AvgIpc) is 3.08. The zero-order valence-electron chi connectivity index (χ0n) is 14.1. The number of carbonyl (C=O) groups is 3. The van der Waals surface area contributed by atoms with Crippen LogP contribution in [0.5, 0.6) is 0 Å². The van der Waals surface area contributed by atoms with Gasteiger partial charge >= 0.3 is 5.97 Å². The van der Waals surface area contributed by atoms with Gasteiger partial charge in [-0.15, -0.1) is 11.3 Å². The third-order valence-corrected chi connectivity index (χ3v) is 4.68. The zero-order chi connectivity index (χ0) is 18.4. The number of aromatic carboxylic acids is 1. The molecule has 2 amide bonds. The number of rotatable bonds is 7. The molecule has 2 aromatic rings. The molecule has 6 nitrogen and oxygen atoms in total. The van der Waals surface area contributed by atoms with Gasteiger partial charge in [-0.3, -0.25) is 9.59 Å². The quantitative estimate of drug-likeness (QED) is 0.795. The van der Waals surface area contributed by atoms with Crippen molar-refractivity contribution >= 4 is 29.1 Å². The van der Waals surface area contributed by atoms with Gasteiger partial charge in [0.05, 0.1) is 18.0 Å². The normalized spacial score (nSPS) is 11.6. The highest BCUT2D eigenvalue weighted by molar-refractivity contribution is 7.10. The predicted molar refractivity (Wildman–Crippen MR) is 95.4 cm³/mol. The Bertz CT molecular complexity index is 741. The van der Waals surface area contributed by atoms with Crippen molar-refractivity contribution in [2.75, 3.05) is 7.05 Å². The van der Waals surface area contributed by atoms with Gasteiger partial charge in [0, 0.05) is 25.4 Å². The summed E-state index contributed by atoms with van der Waals surface area (Å²) in [6.45, 7) is 1.80. The molecule has 1 aromatic heterocycles. The second kappa shape index (κ2) is 8.43. The van der Waals surface area contributed by atoms with Gasteiger partial charge in [0.25, 0.3) is 0 Å². The number of amides is 2. The van der Waals surface area contributed by atoms with Crippen molar-refractivity contribution in [3.8, 4) is 0 Å². The molecule has 0 bridgehead atoms. The molecule has 0 aliphatic carbocycles. The van der Waals surface area contributed by atoms with Crippen molar-refractivity contribution in [2.24, 2.45) is 0 Å². The number of carbonyl (C=O) groups excluding carboxylic acids is 2. The van der Waals surface area contributed by atoms with E-state index in [1.54, 1.807) is 24.1 Å². The van der Waals surface area contributed by atoms with E-state index in [0.717, 1.165) is 10.4 Å². The second-order valence-corrected chi connectivity index (χ2v) is 6.70. The minimum atomic E-state index is -0.981. The van der Waals surface area contributed by atoms with E-state index in [-0.39, 0.29) is 29.8 Å². The van der Waals surface area contributed by atoms with Crippen molar-refractivity contribution in [1.29, 1.82) is 0 Å². The molecular weight excluding hydrogens is 340 g/mol. The Morgan fingerprint density at radius 1 is 1.20 bits per heavy atom. The van der Waals surface area contributed by atoms with E-state index in [4.69, 9.17) is 5.11 Å². The SMILES string of the molecule is CC(=O)NC(CC(=O)N(C)Cc1ccc(C(=O)O)cc1)c1cccs1. The van der Waals surface area contributed by atoms with Crippen LogP contribution in [0.2, 0.25) is 0 Å². The standard InChI is InChI=1S/C18H20N2O4S/c1-12(21)19-15(16-4-3-9-25-16)10-17(22)20(2)11-13-5-7-14(8-6-13)18(23)24/h3-9,15H,10-11H2,1-2H3,(H,19,21)(H,23,24). The van der Waals surface area contributed by atoms with Crippen LogP contribution in [0.15, 0.2) is 41.8 Å². The number of hydrogen-bond donors (Lipinski definition) is 2. The molecule has 2 N–H and O–H groups in total. The smallest absolute Gasteiger partial charge is 0.335 e. The van der Waals surface area contributed by atoms with E-state index in [1.165, 1.54) is 30.4 Å². The summed E-state index contributed by atoms with van der Waals surface area (Å²) < 4.78 is 0. The Hall–Kier alpha value is -2.67. The number of benzene rings is 1. The Kier molecular flexibility index (Phi) is 6.30. The Labute approximate surface area is 150 Å². The predicted octanol–water partition coefficient (Wildman–Crippen LogP) is 2.67. The molecule has 1 atom stereocenters. The molecule has 132 valence electrons. The molecule has 1 aromatic carbocycles. The molecule has 0 radical (unpaired) electrons. The highest BCUT2D eigenvalue weighted by atomic mass is 32.1. The van der Waals surface area contributed by atoms with Crippen LogP contribution in [0.3, 0.4) is 0 Å². The molecular formula is C18H20N2O4S. The van der Waals surface area contributed by atoms with Crippen molar-refractivity contribution < 1.29 is 19.5 Å². The number of nitrogens with one attached hydrogen (secondary N) is 1. The summed E-state index contributed by atoms with van der Waals surface area (Å²) in [5.74, 6) is -1.27. The van der Waals surface area contributed by atoms with Gasteiger partial charge in [-0.2, -0.15) is 0 Å². The lowest BCUT2D eigenvalue weighted by atomic mass is 10.1. The largest absolute Gasteiger partial charge is 0.478 e. The zero-order valence-corrected chi connectivity index (χ0v) is 14.9. The van der Waals surface area contributed by atoms with Gasteiger partial charge in [0.15, 0.2) is 0 Å². The monoisotopic (exact) mass is 360 g/mol. The fraction of sp³-hybridized carbons (Fsp3) is 0.278. The number of carboxylic acid groups (broad SMARTS) is 1. The van der Waals surface area contributed by atoms with E-state index in [1.807, 2.05) is 17.5 Å². The minimum absolute atomic E-state index is 0.102. The van der Waals surface area contributed by atoms with Crippen LogP contribution in [0.1, 0.15) is 40.2 Å². The maximum Gasteiger partial charge on any atom is 0.335 e. The first-order valence-corrected chi connectivity index (χ1v) is 8.61. The summed E-state index contributed by atoms with van der Waals surface area (Å²) in [5, 5.41) is 13.6. The summed E-state index contributed by atoms with van der Waals surface area (Å²) in [5.41, 5.74) is 1.05. The van der Waals surface area contributed by atoms with Crippen LogP contribution in [0.25, 0.3) is 0 Å².